The van der Waals surface area contributed by atoms with E-state index in [1.807, 2.05) is 42.1 Å². The number of nitrogens with zero attached hydrogens (tertiary/aromatic N) is 1. The standard InChI is InChI=1S/C15H18N4OS/c16-19-14-12-4-2-1-3-10(12)9-13(18-14)15(20)17-11-5-7-21-8-6-11/h1-4,9,11H,5-8,16H2,(H,17,20)(H,18,19). The summed E-state index contributed by atoms with van der Waals surface area (Å²) in [7, 11) is 0. The molecule has 1 amide bonds. The van der Waals surface area contributed by atoms with Gasteiger partial charge in [0.25, 0.3) is 5.91 Å². The fourth-order valence-corrected chi connectivity index (χ4v) is 3.63. The van der Waals surface area contributed by atoms with Crippen LogP contribution < -0.4 is 16.6 Å². The Bertz CT molecular complexity index is 655. The second-order valence-corrected chi connectivity index (χ2v) is 6.31. The molecule has 5 nitrogen and oxygen atoms in total. The molecule has 0 radical (unpaired) electrons. The molecule has 21 heavy (non-hydrogen) atoms. The van der Waals surface area contributed by atoms with Crippen LogP contribution in [0.2, 0.25) is 0 Å². The zero-order valence-electron chi connectivity index (χ0n) is 11.6. The fourth-order valence-electron chi connectivity index (χ4n) is 2.53. The van der Waals surface area contributed by atoms with Crippen LogP contribution in [-0.2, 0) is 0 Å². The van der Waals surface area contributed by atoms with E-state index >= 15 is 0 Å². The first-order valence-electron chi connectivity index (χ1n) is 7.03. The zero-order chi connectivity index (χ0) is 14.7. The van der Waals surface area contributed by atoms with Crippen molar-refractivity contribution in [2.45, 2.75) is 18.9 Å². The summed E-state index contributed by atoms with van der Waals surface area (Å²) < 4.78 is 0. The molecule has 6 heteroatoms. The van der Waals surface area contributed by atoms with E-state index in [1.165, 1.54) is 0 Å². The van der Waals surface area contributed by atoms with Crippen molar-refractivity contribution in [3.8, 4) is 0 Å². The van der Waals surface area contributed by atoms with Crippen molar-refractivity contribution in [3.05, 3.63) is 36.0 Å². The number of hydrogen-bond donors (Lipinski definition) is 3. The monoisotopic (exact) mass is 302 g/mol. The molecule has 1 fully saturated rings. The molecule has 1 aromatic carbocycles. The molecule has 0 unspecified atom stereocenters. The third-order valence-electron chi connectivity index (χ3n) is 3.67. The highest BCUT2D eigenvalue weighted by atomic mass is 32.2. The van der Waals surface area contributed by atoms with Crippen LogP contribution in [0.25, 0.3) is 10.8 Å². The molecule has 0 bridgehead atoms. The van der Waals surface area contributed by atoms with Crippen molar-refractivity contribution in [3.63, 3.8) is 0 Å². The number of pyridine rings is 1. The van der Waals surface area contributed by atoms with Crippen molar-refractivity contribution in [2.24, 2.45) is 5.84 Å². The van der Waals surface area contributed by atoms with Gasteiger partial charge in [0, 0.05) is 11.4 Å². The number of carbonyl (C=O) groups is 1. The number of benzene rings is 1. The van der Waals surface area contributed by atoms with E-state index in [0.717, 1.165) is 35.1 Å². The van der Waals surface area contributed by atoms with Gasteiger partial charge in [-0.3, -0.25) is 4.79 Å². The number of carbonyl (C=O) groups excluding carboxylic acids is 1. The van der Waals surface area contributed by atoms with Crippen molar-refractivity contribution in [1.82, 2.24) is 10.3 Å². The summed E-state index contributed by atoms with van der Waals surface area (Å²) in [6.45, 7) is 0. The molecule has 1 aliphatic rings. The summed E-state index contributed by atoms with van der Waals surface area (Å²) in [4.78, 5) is 16.7. The Kier molecular flexibility index (Phi) is 4.26. The number of hydrazine groups is 1. The maximum Gasteiger partial charge on any atom is 0.270 e. The second kappa shape index (κ2) is 6.32. The molecule has 0 atom stereocenters. The predicted molar refractivity (Wildman–Crippen MR) is 87.4 cm³/mol. The van der Waals surface area contributed by atoms with Gasteiger partial charge in [0.2, 0.25) is 0 Å². The van der Waals surface area contributed by atoms with Gasteiger partial charge in [-0.2, -0.15) is 11.8 Å². The summed E-state index contributed by atoms with van der Waals surface area (Å²) >= 11 is 1.94. The van der Waals surface area contributed by atoms with Crippen LogP contribution in [0.5, 0.6) is 0 Å². The molecule has 4 N–H and O–H groups in total. The van der Waals surface area contributed by atoms with Crippen molar-refractivity contribution in [1.29, 1.82) is 0 Å². The minimum atomic E-state index is -0.130. The summed E-state index contributed by atoms with van der Waals surface area (Å²) in [5.74, 6) is 8.12. The van der Waals surface area contributed by atoms with Crippen LogP contribution in [0.3, 0.4) is 0 Å². The number of nitrogens with one attached hydrogen (secondary N) is 2. The Morgan fingerprint density at radius 2 is 2.05 bits per heavy atom. The Labute approximate surface area is 127 Å². The third kappa shape index (κ3) is 3.11. The van der Waals surface area contributed by atoms with Gasteiger partial charge in [-0.25, -0.2) is 10.8 Å². The van der Waals surface area contributed by atoms with E-state index in [-0.39, 0.29) is 11.9 Å². The minimum Gasteiger partial charge on any atom is -0.348 e. The maximum atomic E-state index is 12.4. The highest BCUT2D eigenvalue weighted by Crippen LogP contribution is 2.22. The van der Waals surface area contributed by atoms with Crippen molar-refractivity contribution in [2.75, 3.05) is 16.9 Å². The van der Waals surface area contributed by atoms with E-state index in [2.05, 4.69) is 15.7 Å². The number of hydrogen-bond acceptors (Lipinski definition) is 5. The highest BCUT2D eigenvalue weighted by molar-refractivity contribution is 7.99. The number of anilines is 1. The van der Waals surface area contributed by atoms with Gasteiger partial charge < -0.3 is 10.7 Å². The van der Waals surface area contributed by atoms with Crippen LogP contribution >= 0.6 is 11.8 Å². The number of amides is 1. The molecule has 0 aliphatic carbocycles. The summed E-state index contributed by atoms with van der Waals surface area (Å²) in [6.07, 6.45) is 2.04. The zero-order valence-corrected chi connectivity index (χ0v) is 12.5. The van der Waals surface area contributed by atoms with Gasteiger partial charge in [-0.15, -0.1) is 0 Å². The first kappa shape index (κ1) is 14.2. The number of fused-ring (bicyclic) bond motifs is 1. The quantitative estimate of drug-likeness (QED) is 0.598. The van der Waals surface area contributed by atoms with Crippen LogP contribution in [0.15, 0.2) is 30.3 Å². The number of thioether (sulfide) groups is 1. The van der Waals surface area contributed by atoms with Crippen LogP contribution in [0, 0.1) is 0 Å². The third-order valence-corrected chi connectivity index (χ3v) is 4.72. The molecule has 3 rings (SSSR count). The second-order valence-electron chi connectivity index (χ2n) is 5.08. The maximum absolute atomic E-state index is 12.4. The topological polar surface area (TPSA) is 80.0 Å². The SMILES string of the molecule is NNc1nc(C(=O)NC2CCSCC2)cc2ccccc12. The van der Waals surface area contributed by atoms with Gasteiger partial charge >= 0.3 is 0 Å². The van der Waals surface area contributed by atoms with Crippen molar-refractivity contribution < 1.29 is 4.79 Å². The summed E-state index contributed by atoms with van der Waals surface area (Å²) in [5.41, 5.74) is 2.98. The number of aromatic nitrogens is 1. The Balaban J connectivity index is 1.87. The van der Waals surface area contributed by atoms with E-state index in [0.29, 0.717) is 11.5 Å². The van der Waals surface area contributed by atoms with E-state index in [4.69, 9.17) is 5.84 Å². The first-order valence-corrected chi connectivity index (χ1v) is 8.18. The fraction of sp³-hybridized carbons (Fsp3) is 0.333. The lowest BCUT2D eigenvalue weighted by Gasteiger charge is -2.22. The molecule has 0 saturated carbocycles. The molecule has 1 aliphatic heterocycles. The highest BCUT2D eigenvalue weighted by Gasteiger charge is 2.18. The normalized spacial score (nSPS) is 15.9. The van der Waals surface area contributed by atoms with Gasteiger partial charge in [0.05, 0.1) is 0 Å². The molecule has 0 spiro atoms. The average Bonchev–Trinajstić information content (AvgIpc) is 2.54. The summed E-state index contributed by atoms with van der Waals surface area (Å²) in [5, 5.41) is 4.92. The minimum absolute atomic E-state index is 0.130. The number of nitrogen functional groups attached to an aromatic ring is 1. The molecule has 1 aromatic heterocycles. The van der Waals surface area contributed by atoms with Crippen LogP contribution in [0.4, 0.5) is 5.82 Å². The average molecular weight is 302 g/mol. The Morgan fingerprint density at radius 1 is 1.29 bits per heavy atom. The lowest BCUT2D eigenvalue weighted by molar-refractivity contribution is 0.0930. The Hall–Kier alpha value is -1.79. The number of rotatable bonds is 3. The predicted octanol–water partition coefficient (Wildman–Crippen LogP) is 2.15. The Morgan fingerprint density at radius 3 is 2.81 bits per heavy atom. The molecule has 1 saturated heterocycles. The van der Waals surface area contributed by atoms with E-state index in [1.54, 1.807) is 0 Å². The summed E-state index contributed by atoms with van der Waals surface area (Å²) in [6, 6.07) is 9.79. The van der Waals surface area contributed by atoms with Crippen LogP contribution in [-0.4, -0.2) is 28.4 Å². The molecule has 110 valence electrons. The first-order chi connectivity index (χ1) is 10.3. The largest absolute Gasteiger partial charge is 0.348 e. The van der Waals surface area contributed by atoms with Gasteiger partial charge in [-0.05, 0) is 35.8 Å². The van der Waals surface area contributed by atoms with E-state index in [9.17, 15) is 4.79 Å². The lowest BCUT2D eigenvalue weighted by atomic mass is 10.1. The molecule has 2 aromatic rings. The lowest BCUT2D eigenvalue weighted by Crippen LogP contribution is -2.37. The smallest absolute Gasteiger partial charge is 0.270 e. The number of nitrogens with two attached hydrogens (primary N) is 1. The van der Waals surface area contributed by atoms with Gasteiger partial charge in [-0.1, -0.05) is 24.3 Å². The van der Waals surface area contributed by atoms with Crippen molar-refractivity contribution >= 4 is 34.3 Å². The van der Waals surface area contributed by atoms with E-state index < -0.39 is 0 Å². The molecular formula is C15H18N4OS. The van der Waals surface area contributed by atoms with Gasteiger partial charge in [0.15, 0.2) is 0 Å². The molecule has 2 heterocycles. The molecular weight excluding hydrogens is 284 g/mol. The van der Waals surface area contributed by atoms with Crippen LogP contribution in [0.1, 0.15) is 23.3 Å². The van der Waals surface area contributed by atoms with Gasteiger partial charge in [0.1, 0.15) is 11.5 Å².